The predicted octanol–water partition coefficient (Wildman–Crippen LogP) is 6.56. The fourth-order valence-corrected chi connectivity index (χ4v) is 4.02. The second-order valence-electron chi connectivity index (χ2n) is 8.09. The Hall–Kier alpha value is -3.52. The summed E-state index contributed by atoms with van der Waals surface area (Å²) in [6, 6.07) is 15.3. The third-order valence-corrected chi connectivity index (χ3v) is 6.01. The topological polar surface area (TPSA) is 60.2 Å². The summed E-state index contributed by atoms with van der Waals surface area (Å²) in [4.78, 5) is 3.84. The molecule has 0 aliphatic heterocycles. The number of hydrogen-bond acceptors (Lipinski definition) is 4. The zero-order valence-corrected chi connectivity index (χ0v) is 20.4. The van der Waals surface area contributed by atoms with Crippen molar-refractivity contribution in [1.82, 2.24) is 14.8 Å². The van der Waals surface area contributed by atoms with Crippen molar-refractivity contribution in [3.8, 4) is 5.75 Å². The minimum absolute atomic E-state index is 0.115. The average molecular weight is 528 g/mol. The van der Waals surface area contributed by atoms with Crippen LogP contribution in [0.2, 0.25) is 10.0 Å². The summed E-state index contributed by atoms with van der Waals surface area (Å²) in [6.07, 6.45) is 6.35. The predicted molar refractivity (Wildman–Crippen MR) is 137 cm³/mol. The van der Waals surface area contributed by atoms with E-state index in [-0.39, 0.29) is 18.7 Å². The summed E-state index contributed by atoms with van der Waals surface area (Å²) < 4.78 is 35.1. The van der Waals surface area contributed by atoms with Gasteiger partial charge in [-0.2, -0.15) is 5.10 Å². The molecule has 4 aromatic rings. The first-order valence-electron chi connectivity index (χ1n) is 10.8. The number of allylic oxidation sites excluding steroid dienone is 2. The number of nitrogens with zero attached hydrogens (tertiary/aromatic N) is 3. The summed E-state index contributed by atoms with van der Waals surface area (Å²) >= 11 is 12.1. The molecular weight excluding hydrogens is 507 g/mol. The van der Waals surface area contributed by atoms with Gasteiger partial charge in [-0.25, -0.2) is 18.4 Å². The molecule has 1 aromatic heterocycles. The molecule has 0 bridgehead atoms. The van der Waals surface area contributed by atoms with Gasteiger partial charge >= 0.3 is 0 Å². The molecule has 0 fully saturated rings. The summed E-state index contributed by atoms with van der Waals surface area (Å²) in [6.45, 7) is 3.61. The summed E-state index contributed by atoms with van der Waals surface area (Å²) in [5.41, 5.74) is 0.431. The molecule has 0 radical (unpaired) electrons. The van der Waals surface area contributed by atoms with E-state index in [2.05, 4.69) is 16.7 Å². The van der Waals surface area contributed by atoms with Crippen LogP contribution < -0.4 is 4.74 Å². The van der Waals surface area contributed by atoms with Crippen molar-refractivity contribution in [2.45, 2.75) is 12.1 Å². The summed E-state index contributed by atoms with van der Waals surface area (Å²) in [5.74, 6) is -1.19. The lowest BCUT2D eigenvalue weighted by Gasteiger charge is -2.29. The SMILES string of the molecule is C=C(/C=C/c1ccc(Cl)cc1Cl)c1ccc(OCC(O)(Cn2cncn2)c2ccc(F)cc2F)cc1. The molecule has 5 nitrogen and oxygen atoms in total. The molecule has 0 amide bonds. The highest BCUT2D eigenvalue weighted by Gasteiger charge is 2.34. The van der Waals surface area contributed by atoms with E-state index in [0.29, 0.717) is 21.9 Å². The van der Waals surface area contributed by atoms with Crippen molar-refractivity contribution in [3.05, 3.63) is 124 Å². The second kappa shape index (κ2) is 11.0. The quantitative estimate of drug-likeness (QED) is 0.250. The van der Waals surface area contributed by atoms with E-state index in [1.807, 2.05) is 18.2 Å². The van der Waals surface area contributed by atoms with Crippen LogP contribution in [-0.2, 0) is 12.1 Å². The van der Waals surface area contributed by atoms with Crippen LogP contribution in [0.15, 0.2) is 86.0 Å². The van der Waals surface area contributed by atoms with E-state index in [1.165, 1.54) is 23.4 Å². The van der Waals surface area contributed by atoms with Gasteiger partial charge in [0.2, 0.25) is 0 Å². The zero-order valence-electron chi connectivity index (χ0n) is 18.9. The molecule has 3 aromatic carbocycles. The minimum atomic E-state index is -1.84. The maximum atomic E-state index is 14.6. The maximum absolute atomic E-state index is 14.6. The van der Waals surface area contributed by atoms with Crippen LogP contribution in [0, 0.1) is 11.6 Å². The lowest BCUT2D eigenvalue weighted by atomic mass is 9.94. The normalized spacial score (nSPS) is 13.0. The largest absolute Gasteiger partial charge is 0.490 e. The molecule has 9 heteroatoms. The van der Waals surface area contributed by atoms with Gasteiger partial charge in [-0.05, 0) is 47.0 Å². The maximum Gasteiger partial charge on any atom is 0.146 e. The third-order valence-electron chi connectivity index (χ3n) is 5.45. The molecule has 0 spiro atoms. The molecule has 0 aliphatic carbocycles. The van der Waals surface area contributed by atoms with Gasteiger partial charge in [-0.1, -0.05) is 66.2 Å². The summed E-state index contributed by atoms with van der Waals surface area (Å²) in [7, 11) is 0. The molecule has 4 rings (SSSR count). The number of ether oxygens (including phenoxy) is 1. The Morgan fingerprint density at radius 1 is 1.08 bits per heavy atom. The Kier molecular flexibility index (Phi) is 7.84. The Morgan fingerprint density at radius 3 is 2.53 bits per heavy atom. The van der Waals surface area contributed by atoms with Gasteiger partial charge in [0.15, 0.2) is 0 Å². The molecule has 0 saturated carbocycles. The molecule has 1 heterocycles. The molecular formula is C27H21Cl2F2N3O2. The Bertz CT molecular complexity index is 1390. The molecule has 0 saturated heterocycles. The molecule has 1 N–H and O–H groups in total. The van der Waals surface area contributed by atoms with Gasteiger partial charge in [0.05, 0.1) is 6.54 Å². The third kappa shape index (κ3) is 6.18. The monoisotopic (exact) mass is 527 g/mol. The Labute approximate surface area is 216 Å². The fourth-order valence-electron chi connectivity index (χ4n) is 3.55. The van der Waals surface area contributed by atoms with Crippen molar-refractivity contribution >= 4 is 34.9 Å². The highest BCUT2D eigenvalue weighted by Crippen LogP contribution is 2.29. The highest BCUT2D eigenvalue weighted by atomic mass is 35.5. The first-order chi connectivity index (χ1) is 17.2. The van der Waals surface area contributed by atoms with Crippen LogP contribution in [0.5, 0.6) is 5.75 Å². The smallest absolute Gasteiger partial charge is 0.146 e. The number of hydrogen-bond donors (Lipinski definition) is 1. The van der Waals surface area contributed by atoms with Crippen molar-refractivity contribution in [2.24, 2.45) is 0 Å². The number of halogens is 4. The number of rotatable bonds is 9. The zero-order chi connectivity index (χ0) is 25.7. The lowest BCUT2D eigenvalue weighted by molar-refractivity contribution is -0.0297. The first-order valence-corrected chi connectivity index (χ1v) is 11.5. The van der Waals surface area contributed by atoms with Gasteiger partial charge in [0.1, 0.15) is 42.2 Å². The van der Waals surface area contributed by atoms with Gasteiger partial charge in [0.25, 0.3) is 0 Å². The first kappa shape index (κ1) is 25.6. The van der Waals surface area contributed by atoms with E-state index in [4.69, 9.17) is 27.9 Å². The van der Waals surface area contributed by atoms with Gasteiger partial charge in [-0.15, -0.1) is 0 Å². The van der Waals surface area contributed by atoms with Crippen molar-refractivity contribution in [3.63, 3.8) is 0 Å². The van der Waals surface area contributed by atoms with Gasteiger partial charge < -0.3 is 9.84 Å². The van der Waals surface area contributed by atoms with Crippen LogP contribution in [0.3, 0.4) is 0 Å². The molecule has 184 valence electrons. The number of aromatic nitrogens is 3. The standard InChI is InChI=1S/C27H21Cl2F2N3O2/c1-18(2-3-20-4-7-21(28)12-25(20)29)19-5-9-23(10-6-19)36-15-27(35,14-34-17-32-16-33-34)24-11-8-22(30)13-26(24)31/h2-13,16-17,35H,1,14-15H2/b3-2+. The van der Waals surface area contributed by atoms with Crippen LogP contribution in [0.1, 0.15) is 16.7 Å². The van der Waals surface area contributed by atoms with Crippen LogP contribution in [0.25, 0.3) is 11.6 Å². The van der Waals surface area contributed by atoms with Crippen LogP contribution in [0.4, 0.5) is 8.78 Å². The van der Waals surface area contributed by atoms with E-state index < -0.39 is 17.2 Å². The van der Waals surface area contributed by atoms with Gasteiger partial charge in [-0.3, -0.25) is 0 Å². The Morgan fingerprint density at radius 2 is 1.86 bits per heavy atom. The molecule has 0 aliphatic rings. The highest BCUT2D eigenvalue weighted by molar-refractivity contribution is 6.35. The number of aliphatic hydroxyl groups is 1. The van der Waals surface area contributed by atoms with Crippen LogP contribution in [-0.4, -0.2) is 26.5 Å². The van der Waals surface area contributed by atoms with Crippen molar-refractivity contribution < 1.29 is 18.6 Å². The van der Waals surface area contributed by atoms with Crippen LogP contribution >= 0.6 is 23.2 Å². The minimum Gasteiger partial charge on any atom is -0.490 e. The second-order valence-corrected chi connectivity index (χ2v) is 8.93. The molecule has 1 atom stereocenters. The van der Waals surface area contributed by atoms with E-state index in [1.54, 1.807) is 36.4 Å². The lowest BCUT2D eigenvalue weighted by Crippen LogP contribution is -2.39. The van der Waals surface area contributed by atoms with Crippen molar-refractivity contribution in [2.75, 3.05) is 6.61 Å². The van der Waals surface area contributed by atoms with E-state index >= 15 is 0 Å². The van der Waals surface area contributed by atoms with Crippen molar-refractivity contribution in [1.29, 1.82) is 0 Å². The average Bonchev–Trinajstić information content (AvgIpc) is 3.35. The van der Waals surface area contributed by atoms with E-state index in [9.17, 15) is 13.9 Å². The summed E-state index contributed by atoms with van der Waals surface area (Å²) in [5, 5.41) is 16.4. The molecule has 36 heavy (non-hydrogen) atoms. The van der Waals surface area contributed by atoms with Gasteiger partial charge in [0, 0.05) is 21.7 Å². The van der Waals surface area contributed by atoms with E-state index in [0.717, 1.165) is 22.8 Å². The number of benzene rings is 3. The Balaban J connectivity index is 1.47. The fraction of sp³-hybridized carbons (Fsp3) is 0.111. The molecule has 1 unspecified atom stereocenters.